The number of ether oxygens (including phenoxy) is 1. The van der Waals surface area contributed by atoms with Crippen LogP contribution in [0.15, 0.2) is 42.5 Å². The van der Waals surface area contributed by atoms with Gasteiger partial charge in [-0.15, -0.1) is 11.3 Å². The number of amides is 2. The fourth-order valence-electron chi connectivity index (χ4n) is 2.70. The summed E-state index contributed by atoms with van der Waals surface area (Å²) in [6.07, 6.45) is 0. The maximum absolute atomic E-state index is 12.7. The van der Waals surface area contributed by atoms with E-state index in [1.54, 1.807) is 41.5 Å². The van der Waals surface area contributed by atoms with Gasteiger partial charge in [0.15, 0.2) is 6.61 Å². The molecule has 0 saturated carbocycles. The molecule has 0 saturated heterocycles. The van der Waals surface area contributed by atoms with E-state index in [4.69, 9.17) is 4.74 Å². The third kappa shape index (κ3) is 3.06. The van der Waals surface area contributed by atoms with Crippen molar-refractivity contribution in [1.29, 1.82) is 0 Å². The molecule has 4 rings (SSSR count). The molecule has 1 aromatic heterocycles. The molecular weight excluding hydrogens is 338 g/mol. The number of nitrogens with zero attached hydrogens (tertiary/aromatic N) is 2. The zero-order valence-electron chi connectivity index (χ0n) is 13.5. The van der Waals surface area contributed by atoms with Gasteiger partial charge in [0.05, 0.1) is 22.4 Å². The second kappa shape index (κ2) is 6.18. The predicted octanol–water partition coefficient (Wildman–Crippen LogP) is 2.90. The third-order valence-electron chi connectivity index (χ3n) is 3.92. The van der Waals surface area contributed by atoms with E-state index in [9.17, 15) is 9.59 Å². The number of thiazole rings is 1. The van der Waals surface area contributed by atoms with Gasteiger partial charge in [-0.2, -0.15) is 0 Å². The van der Waals surface area contributed by atoms with Crippen molar-refractivity contribution in [2.75, 3.05) is 19.0 Å². The van der Waals surface area contributed by atoms with Gasteiger partial charge in [-0.05, 0) is 30.3 Å². The van der Waals surface area contributed by atoms with Gasteiger partial charge >= 0.3 is 0 Å². The van der Waals surface area contributed by atoms with Crippen molar-refractivity contribution < 1.29 is 14.3 Å². The van der Waals surface area contributed by atoms with Crippen LogP contribution in [0.3, 0.4) is 0 Å². The minimum atomic E-state index is -0.222. The highest BCUT2D eigenvalue weighted by atomic mass is 32.1. The first kappa shape index (κ1) is 15.6. The Morgan fingerprint density at radius 2 is 2.16 bits per heavy atom. The van der Waals surface area contributed by atoms with E-state index < -0.39 is 0 Å². The van der Waals surface area contributed by atoms with E-state index in [1.807, 2.05) is 24.3 Å². The molecule has 0 aliphatic carbocycles. The zero-order valence-corrected chi connectivity index (χ0v) is 14.3. The number of fused-ring (bicyclic) bond motifs is 2. The first-order chi connectivity index (χ1) is 12.1. The summed E-state index contributed by atoms with van der Waals surface area (Å²) in [6, 6.07) is 12.9. The fourth-order valence-corrected chi connectivity index (χ4v) is 3.72. The fraction of sp³-hybridized carbons (Fsp3) is 0.167. The second-order valence-electron chi connectivity index (χ2n) is 5.78. The minimum absolute atomic E-state index is 0.00218. The van der Waals surface area contributed by atoms with Crippen LogP contribution in [0.5, 0.6) is 5.75 Å². The molecule has 0 spiro atoms. The van der Waals surface area contributed by atoms with Crippen LogP contribution in [0.25, 0.3) is 10.2 Å². The summed E-state index contributed by atoms with van der Waals surface area (Å²) in [5.74, 6) is 0.215. The lowest BCUT2D eigenvalue weighted by molar-refractivity contribution is -0.118. The topological polar surface area (TPSA) is 71.5 Å². The van der Waals surface area contributed by atoms with Gasteiger partial charge in [0.1, 0.15) is 10.8 Å². The molecule has 0 atom stereocenters. The summed E-state index contributed by atoms with van der Waals surface area (Å²) in [4.78, 5) is 30.3. The zero-order chi connectivity index (χ0) is 17.4. The number of para-hydroxylation sites is 1. The molecular formula is C18H15N3O3S. The van der Waals surface area contributed by atoms with E-state index in [2.05, 4.69) is 10.3 Å². The molecule has 7 heteroatoms. The van der Waals surface area contributed by atoms with Gasteiger partial charge in [0, 0.05) is 12.6 Å². The Balaban J connectivity index is 1.53. The van der Waals surface area contributed by atoms with Crippen molar-refractivity contribution in [3.63, 3.8) is 0 Å². The molecule has 1 aliphatic heterocycles. The van der Waals surface area contributed by atoms with Crippen molar-refractivity contribution in [2.45, 2.75) is 6.54 Å². The van der Waals surface area contributed by atoms with Crippen LogP contribution in [-0.2, 0) is 11.3 Å². The molecule has 3 aromatic rings. The van der Waals surface area contributed by atoms with Crippen molar-refractivity contribution in [1.82, 2.24) is 9.88 Å². The molecule has 1 aliphatic rings. The number of anilines is 1. The average molecular weight is 353 g/mol. The van der Waals surface area contributed by atoms with Crippen LogP contribution in [0.4, 0.5) is 5.69 Å². The quantitative estimate of drug-likeness (QED) is 0.786. The number of carbonyl (C=O) groups is 2. The minimum Gasteiger partial charge on any atom is -0.482 e. The molecule has 0 unspecified atom stereocenters. The molecule has 2 amide bonds. The van der Waals surface area contributed by atoms with Crippen LogP contribution >= 0.6 is 11.3 Å². The number of nitrogens with one attached hydrogen (secondary N) is 1. The number of rotatable bonds is 3. The van der Waals surface area contributed by atoms with E-state index in [1.165, 1.54) is 0 Å². The van der Waals surface area contributed by atoms with Crippen molar-refractivity contribution in [3.8, 4) is 5.75 Å². The molecule has 0 bridgehead atoms. The second-order valence-corrected chi connectivity index (χ2v) is 6.90. The van der Waals surface area contributed by atoms with Crippen LogP contribution in [0, 0.1) is 0 Å². The smallest absolute Gasteiger partial charge is 0.262 e. The molecule has 2 aromatic carbocycles. The number of hydrogen-bond donors (Lipinski definition) is 1. The van der Waals surface area contributed by atoms with E-state index in [-0.39, 0.29) is 18.4 Å². The molecule has 25 heavy (non-hydrogen) atoms. The lowest BCUT2D eigenvalue weighted by atomic mass is 10.1. The first-order valence-corrected chi connectivity index (χ1v) is 8.58. The lowest BCUT2D eigenvalue weighted by Gasteiger charge is -2.20. The number of aromatic nitrogens is 1. The molecule has 0 fully saturated rings. The Labute approximate surface area is 148 Å². The first-order valence-electron chi connectivity index (χ1n) is 7.77. The van der Waals surface area contributed by atoms with Gasteiger partial charge in [-0.25, -0.2) is 4.98 Å². The Morgan fingerprint density at radius 3 is 3.00 bits per heavy atom. The molecule has 0 radical (unpaired) electrons. The van der Waals surface area contributed by atoms with Gasteiger partial charge < -0.3 is 15.0 Å². The van der Waals surface area contributed by atoms with Crippen molar-refractivity contribution in [3.05, 3.63) is 53.0 Å². The lowest BCUT2D eigenvalue weighted by Crippen LogP contribution is -2.28. The predicted molar refractivity (Wildman–Crippen MR) is 96.0 cm³/mol. The standard InChI is InChI=1S/C18H15N3O3S/c1-21(9-17-20-12-4-2-3-5-15(12)25-17)18(23)11-6-7-14-13(8-11)19-16(22)10-24-14/h2-8H,9-10H2,1H3,(H,19,22). The Hall–Kier alpha value is -2.93. The summed E-state index contributed by atoms with van der Waals surface area (Å²) in [5, 5.41) is 3.60. The van der Waals surface area contributed by atoms with Crippen LogP contribution < -0.4 is 10.1 Å². The van der Waals surface area contributed by atoms with Gasteiger partial charge in [0.2, 0.25) is 0 Å². The van der Waals surface area contributed by atoms with Gasteiger partial charge in [-0.3, -0.25) is 9.59 Å². The largest absolute Gasteiger partial charge is 0.482 e. The van der Waals surface area contributed by atoms with Crippen LogP contribution in [-0.4, -0.2) is 35.4 Å². The molecule has 1 N–H and O–H groups in total. The Kier molecular flexibility index (Phi) is 3.85. The van der Waals surface area contributed by atoms with E-state index in [0.717, 1.165) is 15.2 Å². The van der Waals surface area contributed by atoms with E-state index in [0.29, 0.717) is 23.5 Å². The highest BCUT2D eigenvalue weighted by Crippen LogP contribution is 2.29. The van der Waals surface area contributed by atoms with Crippen molar-refractivity contribution in [2.24, 2.45) is 0 Å². The maximum Gasteiger partial charge on any atom is 0.262 e. The highest BCUT2D eigenvalue weighted by molar-refractivity contribution is 7.18. The third-order valence-corrected chi connectivity index (χ3v) is 4.94. The Bertz CT molecular complexity index is 950. The normalized spacial score (nSPS) is 13.1. The summed E-state index contributed by atoms with van der Waals surface area (Å²) >= 11 is 1.58. The van der Waals surface area contributed by atoms with Crippen molar-refractivity contribution >= 4 is 39.1 Å². The van der Waals surface area contributed by atoms with Gasteiger partial charge in [-0.1, -0.05) is 12.1 Å². The van der Waals surface area contributed by atoms with Crippen LogP contribution in [0.1, 0.15) is 15.4 Å². The number of hydrogen-bond acceptors (Lipinski definition) is 5. The summed E-state index contributed by atoms with van der Waals surface area (Å²) in [5.41, 5.74) is 1.96. The van der Waals surface area contributed by atoms with E-state index >= 15 is 0 Å². The molecule has 2 heterocycles. The summed E-state index contributed by atoms with van der Waals surface area (Å²) < 4.78 is 6.42. The summed E-state index contributed by atoms with van der Waals surface area (Å²) in [6.45, 7) is 0.427. The average Bonchev–Trinajstić information content (AvgIpc) is 3.02. The SMILES string of the molecule is CN(Cc1nc2ccccc2s1)C(=O)c1ccc2c(c1)NC(=O)CO2. The molecule has 6 nitrogen and oxygen atoms in total. The highest BCUT2D eigenvalue weighted by Gasteiger charge is 2.20. The van der Waals surface area contributed by atoms with Crippen LogP contribution in [0.2, 0.25) is 0 Å². The molecule has 126 valence electrons. The van der Waals surface area contributed by atoms with Gasteiger partial charge in [0.25, 0.3) is 11.8 Å². The number of benzene rings is 2. The summed E-state index contributed by atoms with van der Waals surface area (Å²) in [7, 11) is 1.74. The number of carbonyl (C=O) groups excluding carboxylic acids is 2. The monoisotopic (exact) mass is 353 g/mol. The maximum atomic E-state index is 12.7. The Morgan fingerprint density at radius 1 is 1.32 bits per heavy atom.